The van der Waals surface area contributed by atoms with Crippen molar-refractivity contribution >= 4 is 19.8 Å². The van der Waals surface area contributed by atoms with Crippen LogP contribution in [0.25, 0.3) is 0 Å². The first-order valence-electron chi connectivity index (χ1n) is 5.95. The maximum Gasteiger partial charge on any atom is 0.244 e. The highest BCUT2D eigenvalue weighted by molar-refractivity contribution is 8.71. The van der Waals surface area contributed by atoms with E-state index in [1.807, 2.05) is 4.31 Å². The largest absolute Gasteiger partial charge is 0.497 e. The summed E-state index contributed by atoms with van der Waals surface area (Å²) >= 11 is 0. The second-order valence-corrected chi connectivity index (χ2v) is 8.00. The van der Waals surface area contributed by atoms with Gasteiger partial charge in [0.05, 0.1) is 23.0 Å². The monoisotopic (exact) mass is 287 g/mol. The fourth-order valence-electron chi connectivity index (χ4n) is 1.86. The lowest BCUT2D eigenvalue weighted by atomic mass is 10.2. The van der Waals surface area contributed by atoms with Crippen molar-refractivity contribution in [1.29, 1.82) is 0 Å². The number of methoxy groups -OCH3 is 1. The van der Waals surface area contributed by atoms with E-state index in [1.54, 1.807) is 31.4 Å². The molecular formula is C12H17NO3S2. The number of benzene rings is 1. The summed E-state index contributed by atoms with van der Waals surface area (Å²) in [7, 11) is -0.782. The molecule has 4 nitrogen and oxygen atoms in total. The maximum atomic E-state index is 12.2. The van der Waals surface area contributed by atoms with Gasteiger partial charge in [0.2, 0.25) is 8.87 Å². The van der Waals surface area contributed by atoms with E-state index in [2.05, 4.69) is 0 Å². The molecule has 2 rings (SSSR count). The summed E-state index contributed by atoms with van der Waals surface area (Å²) in [5, 5.41) is 0. The van der Waals surface area contributed by atoms with Crippen LogP contribution in [0.15, 0.2) is 29.2 Å². The first-order chi connectivity index (χ1) is 8.62. The normalized spacial score (nSPS) is 17.6. The molecule has 0 N–H and O–H groups in total. The standard InChI is InChI=1S/C12H17NO3S2/c1-16-11-5-7-12(8-6-11)18(14,15)17-13-9-3-2-4-10-13/h5-8H,2-4,9-10H2,1H3. The minimum atomic E-state index is -3.30. The van der Waals surface area contributed by atoms with Crippen molar-refractivity contribution in [3.8, 4) is 5.75 Å². The van der Waals surface area contributed by atoms with Crippen LogP contribution in [0.4, 0.5) is 0 Å². The Kier molecular flexibility index (Phi) is 4.53. The van der Waals surface area contributed by atoms with Crippen LogP contribution in [0.1, 0.15) is 19.3 Å². The molecule has 1 aliphatic rings. The van der Waals surface area contributed by atoms with Crippen molar-refractivity contribution in [2.24, 2.45) is 0 Å². The number of hydrogen-bond donors (Lipinski definition) is 0. The lowest BCUT2D eigenvalue weighted by Gasteiger charge is -2.24. The molecule has 1 saturated heterocycles. The molecule has 18 heavy (non-hydrogen) atoms. The molecule has 100 valence electrons. The van der Waals surface area contributed by atoms with E-state index in [1.165, 1.54) is 6.42 Å². The van der Waals surface area contributed by atoms with Crippen LogP contribution in [0, 0.1) is 0 Å². The van der Waals surface area contributed by atoms with Gasteiger partial charge in [-0.05, 0) is 37.1 Å². The van der Waals surface area contributed by atoms with E-state index in [0.717, 1.165) is 36.9 Å². The second kappa shape index (κ2) is 5.95. The van der Waals surface area contributed by atoms with Gasteiger partial charge in [0.1, 0.15) is 5.75 Å². The Labute approximate surface area is 112 Å². The van der Waals surface area contributed by atoms with Crippen molar-refractivity contribution in [1.82, 2.24) is 4.31 Å². The van der Waals surface area contributed by atoms with Crippen LogP contribution >= 0.6 is 11.0 Å². The first kappa shape index (κ1) is 13.7. The highest BCUT2D eigenvalue weighted by Crippen LogP contribution is 2.30. The van der Waals surface area contributed by atoms with Crippen LogP contribution < -0.4 is 4.74 Å². The summed E-state index contributed by atoms with van der Waals surface area (Å²) in [6.45, 7) is 1.69. The number of ether oxygens (including phenoxy) is 1. The first-order valence-corrected chi connectivity index (χ1v) is 8.73. The molecule has 1 fully saturated rings. The van der Waals surface area contributed by atoms with Gasteiger partial charge >= 0.3 is 0 Å². The summed E-state index contributed by atoms with van der Waals surface area (Å²) in [5.74, 6) is 0.664. The van der Waals surface area contributed by atoms with Crippen molar-refractivity contribution in [2.75, 3.05) is 20.2 Å². The average Bonchev–Trinajstić information content (AvgIpc) is 2.39. The van der Waals surface area contributed by atoms with Gasteiger partial charge in [-0.25, -0.2) is 12.7 Å². The molecule has 0 saturated carbocycles. The minimum Gasteiger partial charge on any atom is -0.497 e. The third-order valence-electron chi connectivity index (χ3n) is 2.87. The molecular weight excluding hydrogens is 270 g/mol. The van der Waals surface area contributed by atoms with Gasteiger partial charge in [-0.2, -0.15) is 0 Å². The zero-order valence-corrected chi connectivity index (χ0v) is 12.0. The van der Waals surface area contributed by atoms with E-state index in [4.69, 9.17) is 4.74 Å². The van der Waals surface area contributed by atoms with Gasteiger partial charge in [-0.1, -0.05) is 6.42 Å². The van der Waals surface area contributed by atoms with Crippen LogP contribution in [-0.2, 0) is 8.87 Å². The molecule has 1 aromatic carbocycles. The molecule has 0 radical (unpaired) electrons. The van der Waals surface area contributed by atoms with Gasteiger partial charge in [0, 0.05) is 13.1 Å². The van der Waals surface area contributed by atoms with Gasteiger partial charge in [0.15, 0.2) is 0 Å². The molecule has 0 unspecified atom stereocenters. The van der Waals surface area contributed by atoms with Gasteiger partial charge < -0.3 is 4.74 Å². The fourth-order valence-corrected chi connectivity index (χ4v) is 4.98. The highest BCUT2D eigenvalue weighted by atomic mass is 33.1. The molecule has 1 aromatic rings. The van der Waals surface area contributed by atoms with Crippen molar-refractivity contribution < 1.29 is 13.2 Å². The van der Waals surface area contributed by atoms with Gasteiger partial charge in [-0.15, -0.1) is 0 Å². The van der Waals surface area contributed by atoms with E-state index < -0.39 is 8.87 Å². The quantitative estimate of drug-likeness (QED) is 0.629. The van der Waals surface area contributed by atoms with Crippen LogP contribution in [-0.4, -0.2) is 32.9 Å². The molecule has 1 heterocycles. The number of rotatable bonds is 4. The molecule has 0 bridgehead atoms. The molecule has 0 aliphatic carbocycles. The molecule has 0 atom stereocenters. The summed E-state index contributed by atoms with van der Waals surface area (Å²) in [6, 6.07) is 6.52. The second-order valence-electron chi connectivity index (χ2n) is 4.19. The lowest BCUT2D eigenvalue weighted by molar-refractivity contribution is 0.383. The lowest BCUT2D eigenvalue weighted by Crippen LogP contribution is -2.24. The van der Waals surface area contributed by atoms with E-state index >= 15 is 0 Å². The van der Waals surface area contributed by atoms with E-state index in [-0.39, 0.29) is 0 Å². The summed E-state index contributed by atoms with van der Waals surface area (Å²) in [5.41, 5.74) is 0. The Bertz CT molecular complexity index is 479. The third-order valence-corrected chi connectivity index (χ3v) is 6.29. The van der Waals surface area contributed by atoms with Crippen molar-refractivity contribution in [2.45, 2.75) is 24.2 Å². The SMILES string of the molecule is COc1ccc(S(=O)(=O)SN2CCCCC2)cc1. The predicted molar refractivity (Wildman–Crippen MR) is 73.2 cm³/mol. The van der Waals surface area contributed by atoms with Crippen LogP contribution in [0.5, 0.6) is 5.75 Å². The number of piperidine rings is 1. The molecule has 0 aromatic heterocycles. The van der Waals surface area contributed by atoms with Crippen molar-refractivity contribution in [3.05, 3.63) is 24.3 Å². The van der Waals surface area contributed by atoms with E-state index in [9.17, 15) is 8.42 Å². The topological polar surface area (TPSA) is 46.6 Å². The predicted octanol–water partition coefficient (Wildman–Crippen LogP) is 2.52. The fraction of sp³-hybridized carbons (Fsp3) is 0.500. The summed E-state index contributed by atoms with van der Waals surface area (Å²) < 4.78 is 31.3. The molecule has 0 spiro atoms. The van der Waals surface area contributed by atoms with Gasteiger partial charge in [0.25, 0.3) is 0 Å². The minimum absolute atomic E-state index is 0.332. The van der Waals surface area contributed by atoms with Crippen molar-refractivity contribution in [3.63, 3.8) is 0 Å². The Hall–Kier alpha value is -0.720. The third kappa shape index (κ3) is 3.40. The smallest absolute Gasteiger partial charge is 0.244 e. The Balaban J connectivity index is 2.08. The highest BCUT2D eigenvalue weighted by Gasteiger charge is 2.22. The van der Waals surface area contributed by atoms with Crippen LogP contribution in [0.3, 0.4) is 0 Å². The van der Waals surface area contributed by atoms with Crippen LogP contribution in [0.2, 0.25) is 0 Å². The maximum absolute atomic E-state index is 12.2. The Morgan fingerprint density at radius 2 is 1.72 bits per heavy atom. The van der Waals surface area contributed by atoms with E-state index in [0.29, 0.717) is 10.6 Å². The zero-order valence-electron chi connectivity index (χ0n) is 10.3. The number of hydrogen-bond acceptors (Lipinski definition) is 5. The zero-order chi connectivity index (χ0) is 13.0. The number of nitrogens with zero attached hydrogens (tertiary/aromatic N) is 1. The average molecular weight is 287 g/mol. The molecule has 0 amide bonds. The summed E-state index contributed by atoms with van der Waals surface area (Å²) in [6.07, 6.45) is 3.34. The Morgan fingerprint density at radius 3 is 2.28 bits per heavy atom. The Morgan fingerprint density at radius 1 is 1.11 bits per heavy atom. The van der Waals surface area contributed by atoms with Gasteiger partial charge in [-0.3, -0.25) is 0 Å². The molecule has 1 aliphatic heterocycles. The summed E-state index contributed by atoms with van der Waals surface area (Å²) in [4.78, 5) is 0.332. The molecule has 6 heteroatoms.